The van der Waals surface area contributed by atoms with Gasteiger partial charge in [-0.1, -0.05) is 0 Å². The van der Waals surface area contributed by atoms with E-state index in [2.05, 4.69) is 11.9 Å². The van der Waals surface area contributed by atoms with Crippen molar-refractivity contribution >= 4 is 11.8 Å². The molecule has 0 bridgehead atoms. The minimum atomic E-state index is -0.490. The van der Waals surface area contributed by atoms with Gasteiger partial charge in [-0.3, -0.25) is 4.98 Å². The zero-order valence-corrected chi connectivity index (χ0v) is 15.6. The third-order valence-electron chi connectivity index (χ3n) is 5.13. The van der Waals surface area contributed by atoms with Crippen LogP contribution in [0.5, 0.6) is 0 Å². The summed E-state index contributed by atoms with van der Waals surface area (Å²) < 4.78 is 11.9. The Bertz CT molecular complexity index is 629. The van der Waals surface area contributed by atoms with Gasteiger partial charge in [-0.15, -0.1) is 0 Å². The van der Waals surface area contributed by atoms with Gasteiger partial charge in [0.05, 0.1) is 24.1 Å². The van der Waals surface area contributed by atoms with Gasteiger partial charge in [-0.25, -0.2) is 4.79 Å². The zero-order valence-electron chi connectivity index (χ0n) is 15.6. The molecule has 4 unspecified atom stereocenters. The van der Waals surface area contributed by atoms with E-state index >= 15 is 0 Å². The standard InChI is InChI=1S/C19H29N3O3/c1-12-13-6-5-9-22(18(23)25-19(2,3)4)16(13)10-17(24-12)14-7-8-21-11-15(14)20/h7-8,11-13,16-17H,5-6,9-10,20H2,1-4H3. The van der Waals surface area contributed by atoms with Crippen molar-refractivity contribution in [1.82, 2.24) is 9.88 Å². The molecular weight excluding hydrogens is 318 g/mol. The van der Waals surface area contributed by atoms with Crippen LogP contribution >= 0.6 is 0 Å². The summed E-state index contributed by atoms with van der Waals surface area (Å²) in [5, 5.41) is 0. The first-order valence-corrected chi connectivity index (χ1v) is 9.11. The van der Waals surface area contributed by atoms with E-state index in [0.717, 1.165) is 31.4 Å². The van der Waals surface area contributed by atoms with Crippen LogP contribution in [0.1, 0.15) is 58.6 Å². The smallest absolute Gasteiger partial charge is 0.410 e. The minimum Gasteiger partial charge on any atom is -0.444 e. The van der Waals surface area contributed by atoms with Gasteiger partial charge in [0.15, 0.2) is 0 Å². The maximum absolute atomic E-state index is 12.7. The number of hydrogen-bond acceptors (Lipinski definition) is 5. The number of likely N-dealkylation sites (tertiary alicyclic amines) is 1. The Morgan fingerprint density at radius 1 is 1.44 bits per heavy atom. The predicted octanol–water partition coefficient (Wildman–Crippen LogP) is 3.53. The number of piperidine rings is 1. The molecule has 2 N–H and O–H groups in total. The molecule has 3 heterocycles. The lowest BCUT2D eigenvalue weighted by Crippen LogP contribution is -2.55. The van der Waals surface area contributed by atoms with Crippen LogP contribution in [-0.4, -0.2) is 40.3 Å². The molecule has 0 radical (unpaired) electrons. The summed E-state index contributed by atoms with van der Waals surface area (Å²) >= 11 is 0. The summed E-state index contributed by atoms with van der Waals surface area (Å²) in [7, 11) is 0. The number of nitrogens with two attached hydrogens (primary N) is 1. The highest BCUT2D eigenvalue weighted by Crippen LogP contribution is 2.42. The van der Waals surface area contributed by atoms with Crippen LogP contribution in [0.25, 0.3) is 0 Å². The Morgan fingerprint density at radius 2 is 2.20 bits per heavy atom. The molecule has 2 aliphatic heterocycles. The van der Waals surface area contributed by atoms with Crippen LogP contribution in [0.2, 0.25) is 0 Å². The predicted molar refractivity (Wildman–Crippen MR) is 96.0 cm³/mol. The highest BCUT2D eigenvalue weighted by Gasteiger charge is 2.44. The molecule has 2 saturated heterocycles. The van der Waals surface area contributed by atoms with Crippen molar-refractivity contribution in [3.63, 3.8) is 0 Å². The van der Waals surface area contributed by atoms with Gasteiger partial charge in [0.25, 0.3) is 0 Å². The van der Waals surface area contributed by atoms with Crippen LogP contribution in [0.4, 0.5) is 10.5 Å². The third-order valence-corrected chi connectivity index (χ3v) is 5.13. The molecular formula is C19H29N3O3. The van der Waals surface area contributed by atoms with E-state index < -0.39 is 5.60 Å². The van der Waals surface area contributed by atoms with E-state index in [1.165, 1.54) is 0 Å². The van der Waals surface area contributed by atoms with Crippen LogP contribution in [0.15, 0.2) is 18.5 Å². The molecule has 6 nitrogen and oxygen atoms in total. The Labute approximate surface area is 149 Å². The normalized spacial score (nSPS) is 29.8. The molecule has 2 fully saturated rings. The van der Waals surface area contributed by atoms with E-state index in [0.29, 0.717) is 11.6 Å². The van der Waals surface area contributed by atoms with E-state index in [9.17, 15) is 4.79 Å². The number of nitrogen functional groups attached to an aromatic ring is 1. The number of nitrogens with zero attached hydrogens (tertiary/aromatic N) is 2. The quantitative estimate of drug-likeness (QED) is 0.841. The van der Waals surface area contributed by atoms with E-state index in [1.54, 1.807) is 12.4 Å². The van der Waals surface area contributed by atoms with Gasteiger partial charge < -0.3 is 20.1 Å². The van der Waals surface area contributed by atoms with Crippen molar-refractivity contribution in [3.05, 3.63) is 24.0 Å². The Balaban J connectivity index is 1.82. The molecule has 2 aliphatic rings. The molecule has 6 heteroatoms. The molecule has 1 aromatic heterocycles. The number of carbonyl (C=O) groups excluding carboxylic acids is 1. The average molecular weight is 347 g/mol. The topological polar surface area (TPSA) is 77.7 Å². The molecule has 0 saturated carbocycles. The lowest BCUT2D eigenvalue weighted by atomic mass is 9.79. The van der Waals surface area contributed by atoms with Gasteiger partial charge in [0.2, 0.25) is 0 Å². The summed E-state index contributed by atoms with van der Waals surface area (Å²) in [6.07, 6.45) is 5.91. The van der Waals surface area contributed by atoms with Crippen LogP contribution in [-0.2, 0) is 9.47 Å². The molecule has 25 heavy (non-hydrogen) atoms. The molecule has 0 aliphatic carbocycles. The van der Waals surface area contributed by atoms with E-state index in [1.807, 2.05) is 31.7 Å². The van der Waals surface area contributed by atoms with Crippen molar-refractivity contribution in [3.8, 4) is 0 Å². The van der Waals surface area contributed by atoms with E-state index in [-0.39, 0.29) is 24.3 Å². The number of amides is 1. The molecule has 1 amide bonds. The maximum Gasteiger partial charge on any atom is 0.410 e. The van der Waals surface area contributed by atoms with Gasteiger partial charge in [0, 0.05) is 30.3 Å². The number of rotatable bonds is 1. The molecule has 4 atom stereocenters. The van der Waals surface area contributed by atoms with Gasteiger partial charge in [0.1, 0.15) is 5.60 Å². The molecule has 0 spiro atoms. The third kappa shape index (κ3) is 3.89. The zero-order chi connectivity index (χ0) is 18.2. The SMILES string of the molecule is CC1OC(c2ccncc2N)CC2C1CCCN2C(=O)OC(C)(C)C. The highest BCUT2D eigenvalue weighted by molar-refractivity contribution is 5.68. The average Bonchev–Trinajstić information content (AvgIpc) is 2.53. The number of anilines is 1. The van der Waals surface area contributed by atoms with Gasteiger partial charge in [-0.2, -0.15) is 0 Å². The first kappa shape index (κ1) is 18.0. The fraction of sp³-hybridized carbons (Fsp3) is 0.684. The lowest BCUT2D eigenvalue weighted by molar-refractivity contribution is -0.126. The number of carbonyl (C=O) groups is 1. The number of hydrogen-bond donors (Lipinski definition) is 1. The highest BCUT2D eigenvalue weighted by atomic mass is 16.6. The monoisotopic (exact) mass is 347 g/mol. The largest absolute Gasteiger partial charge is 0.444 e. The second-order valence-electron chi connectivity index (χ2n) is 8.12. The lowest BCUT2D eigenvalue weighted by Gasteiger charge is -2.49. The Kier molecular flexibility index (Phi) is 4.91. The number of ether oxygens (including phenoxy) is 2. The van der Waals surface area contributed by atoms with Crippen LogP contribution in [0, 0.1) is 5.92 Å². The minimum absolute atomic E-state index is 0.0709. The van der Waals surface area contributed by atoms with Crippen molar-refractivity contribution in [2.24, 2.45) is 5.92 Å². The summed E-state index contributed by atoms with van der Waals surface area (Å²) in [4.78, 5) is 18.7. The summed E-state index contributed by atoms with van der Waals surface area (Å²) in [6.45, 7) is 8.54. The van der Waals surface area contributed by atoms with E-state index in [4.69, 9.17) is 15.2 Å². The molecule has 138 valence electrons. The number of pyridine rings is 1. The van der Waals surface area contributed by atoms with Crippen molar-refractivity contribution < 1.29 is 14.3 Å². The van der Waals surface area contributed by atoms with Gasteiger partial charge >= 0.3 is 6.09 Å². The van der Waals surface area contributed by atoms with Gasteiger partial charge in [-0.05, 0) is 53.0 Å². The Morgan fingerprint density at radius 3 is 2.88 bits per heavy atom. The second kappa shape index (κ2) is 6.83. The molecule has 0 aromatic carbocycles. The fourth-order valence-electron chi connectivity index (χ4n) is 4.03. The summed E-state index contributed by atoms with van der Waals surface area (Å²) in [5.41, 5.74) is 7.20. The second-order valence-corrected chi connectivity index (χ2v) is 8.12. The van der Waals surface area contributed by atoms with Crippen LogP contribution in [0.3, 0.4) is 0 Å². The number of fused-ring (bicyclic) bond motifs is 1. The maximum atomic E-state index is 12.7. The fourth-order valence-corrected chi connectivity index (χ4v) is 4.03. The van der Waals surface area contributed by atoms with Crippen molar-refractivity contribution in [1.29, 1.82) is 0 Å². The summed E-state index contributed by atoms with van der Waals surface area (Å²) in [5.74, 6) is 0.334. The molecule has 3 rings (SSSR count). The Hall–Kier alpha value is -1.82. The van der Waals surface area contributed by atoms with Crippen LogP contribution < -0.4 is 5.73 Å². The van der Waals surface area contributed by atoms with Crippen molar-refractivity contribution in [2.45, 2.75) is 70.8 Å². The summed E-state index contributed by atoms with van der Waals surface area (Å²) in [6, 6.07) is 2.03. The first-order chi connectivity index (χ1) is 11.8. The first-order valence-electron chi connectivity index (χ1n) is 9.11. The molecule has 1 aromatic rings. The number of aromatic nitrogens is 1. The van der Waals surface area contributed by atoms with Crippen molar-refractivity contribution in [2.75, 3.05) is 12.3 Å².